The molecule has 3 atom stereocenters. The molecule has 2 aromatic carbocycles. The van der Waals surface area contributed by atoms with Crippen molar-refractivity contribution < 1.29 is 0 Å². The van der Waals surface area contributed by atoms with Crippen molar-refractivity contribution >= 4 is 5.69 Å². The van der Waals surface area contributed by atoms with Gasteiger partial charge >= 0.3 is 0 Å². The zero-order valence-corrected chi connectivity index (χ0v) is 15.7. The molecule has 0 bridgehead atoms. The second kappa shape index (κ2) is 6.84. The smallest absolute Gasteiger partial charge is 0.109 e. The molecule has 1 heterocycles. The highest BCUT2D eigenvalue weighted by Crippen LogP contribution is 2.46. The fraction of sp³-hybridized carbons (Fsp3) is 0.478. The Morgan fingerprint density at radius 1 is 0.880 bits per heavy atom. The van der Waals surface area contributed by atoms with E-state index < -0.39 is 0 Å². The van der Waals surface area contributed by atoms with Crippen LogP contribution in [0.4, 0.5) is 5.69 Å². The Bertz CT molecular complexity index is 705. The van der Waals surface area contributed by atoms with Crippen LogP contribution in [-0.2, 0) is 0 Å². The van der Waals surface area contributed by atoms with Crippen molar-refractivity contribution in [3.8, 4) is 0 Å². The molecule has 1 saturated heterocycles. The maximum Gasteiger partial charge on any atom is 0.109 e. The van der Waals surface area contributed by atoms with Crippen LogP contribution in [0.5, 0.6) is 0 Å². The minimum atomic E-state index is 0.322. The molecule has 0 spiro atoms. The van der Waals surface area contributed by atoms with Crippen LogP contribution in [0.25, 0.3) is 0 Å². The van der Waals surface area contributed by atoms with Gasteiger partial charge in [0.25, 0.3) is 0 Å². The number of benzene rings is 2. The van der Waals surface area contributed by atoms with Gasteiger partial charge in [0.05, 0.1) is 0 Å². The van der Waals surface area contributed by atoms with Crippen LogP contribution >= 0.6 is 0 Å². The number of aryl methyl sites for hydroxylation is 1. The molecule has 2 fully saturated rings. The summed E-state index contributed by atoms with van der Waals surface area (Å²) in [5, 5.41) is 0. The lowest BCUT2D eigenvalue weighted by atomic mass is 9.92. The lowest BCUT2D eigenvalue weighted by Gasteiger charge is -2.33. The molecule has 2 aromatic rings. The average molecular weight is 335 g/mol. The largest absolute Gasteiger partial charge is 0.347 e. The number of hydrogen-bond donors (Lipinski definition) is 0. The maximum atomic E-state index is 2.67. The molecule has 132 valence electrons. The van der Waals surface area contributed by atoms with E-state index in [1.807, 2.05) is 0 Å². The number of nitrogens with zero attached hydrogens (tertiary/aromatic N) is 2. The van der Waals surface area contributed by atoms with Crippen molar-refractivity contribution in [2.45, 2.75) is 57.8 Å². The highest BCUT2D eigenvalue weighted by atomic mass is 15.4. The molecule has 2 aliphatic rings. The normalized spacial score (nSPS) is 28.0. The van der Waals surface area contributed by atoms with E-state index in [0.717, 1.165) is 5.92 Å². The van der Waals surface area contributed by atoms with E-state index in [9.17, 15) is 0 Å². The lowest BCUT2D eigenvalue weighted by molar-refractivity contribution is 0.179. The number of likely N-dealkylation sites (N-methyl/N-ethyl adjacent to an activating group) is 1. The van der Waals surface area contributed by atoms with Crippen molar-refractivity contribution in [1.29, 1.82) is 0 Å². The van der Waals surface area contributed by atoms with Crippen LogP contribution in [0.15, 0.2) is 54.6 Å². The van der Waals surface area contributed by atoms with Crippen molar-refractivity contribution in [1.82, 2.24) is 4.90 Å². The highest BCUT2D eigenvalue weighted by Gasteiger charge is 2.47. The van der Waals surface area contributed by atoms with Crippen molar-refractivity contribution in [3.05, 3.63) is 65.7 Å². The number of para-hydroxylation sites is 1. The van der Waals surface area contributed by atoms with Crippen molar-refractivity contribution in [2.24, 2.45) is 5.92 Å². The first kappa shape index (κ1) is 16.7. The molecule has 4 rings (SSSR count). The van der Waals surface area contributed by atoms with Crippen LogP contribution in [0.3, 0.4) is 0 Å². The van der Waals surface area contributed by atoms with Gasteiger partial charge in [-0.25, -0.2) is 0 Å². The van der Waals surface area contributed by atoms with E-state index in [1.165, 1.54) is 42.5 Å². The summed E-state index contributed by atoms with van der Waals surface area (Å²) in [4.78, 5) is 5.33. The van der Waals surface area contributed by atoms with E-state index in [0.29, 0.717) is 18.2 Å². The summed E-state index contributed by atoms with van der Waals surface area (Å²) >= 11 is 0. The number of anilines is 1. The minimum Gasteiger partial charge on any atom is -0.347 e. The molecule has 1 saturated carbocycles. The lowest BCUT2D eigenvalue weighted by Crippen LogP contribution is -2.39. The van der Waals surface area contributed by atoms with Gasteiger partial charge in [0, 0.05) is 17.8 Å². The minimum absolute atomic E-state index is 0.322. The van der Waals surface area contributed by atoms with Gasteiger partial charge in [-0.1, -0.05) is 61.4 Å². The van der Waals surface area contributed by atoms with Gasteiger partial charge in [-0.3, -0.25) is 4.90 Å². The fourth-order valence-electron chi connectivity index (χ4n) is 5.34. The summed E-state index contributed by atoms with van der Waals surface area (Å²) in [6.45, 7) is 4.68. The van der Waals surface area contributed by atoms with Crippen molar-refractivity contribution in [2.75, 3.05) is 11.9 Å². The van der Waals surface area contributed by atoms with Gasteiger partial charge in [0.2, 0.25) is 0 Å². The summed E-state index contributed by atoms with van der Waals surface area (Å²) in [7, 11) is 2.34. The molecule has 2 heteroatoms. The Morgan fingerprint density at radius 3 is 2.20 bits per heavy atom. The van der Waals surface area contributed by atoms with Crippen LogP contribution < -0.4 is 4.90 Å². The number of rotatable bonds is 3. The first-order valence-corrected chi connectivity index (χ1v) is 9.79. The van der Waals surface area contributed by atoms with Gasteiger partial charge < -0.3 is 4.90 Å². The molecule has 2 nitrogen and oxygen atoms in total. The average Bonchev–Trinajstić information content (AvgIpc) is 3.23. The van der Waals surface area contributed by atoms with Gasteiger partial charge in [-0.15, -0.1) is 0 Å². The summed E-state index contributed by atoms with van der Waals surface area (Å²) in [6.07, 6.45) is 5.91. The van der Waals surface area contributed by atoms with E-state index >= 15 is 0 Å². The second-order valence-corrected chi connectivity index (χ2v) is 7.92. The molecular formula is C23H30N2. The number of hydrogen-bond acceptors (Lipinski definition) is 2. The molecule has 0 aromatic heterocycles. The molecule has 1 aliphatic carbocycles. The summed E-state index contributed by atoms with van der Waals surface area (Å²) < 4.78 is 0. The van der Waals surface area contributed by atoms with Gasteiger partial charge in [-0.2, -0.15) is 0 Å². The van der Waals surface area contributed by atoms with E-state index in [2.05, 4.69) is 85.3 Å². The van der Waals surface area contributed by atoms with Crippen LogP contribution in [0, 0.1) is 12.8 Å². The van der Waals surface area contributed by atoms with Crippen LogP contribution in [0.1, 0.15) is 49.9 Å². The van der Waals surface area contributed by atoms with E-state index in [-0.39, 0.29) is 0 Å². The molecule has 0 radical (unpaired) electrons. The van der Waals surface area contributed by atoms with Gasteiger partial charge in [-0.05, 0) is 56.8 Å². The van der Waals surface area contributed by atoms with Gasteiger partial charge in [0.1, 0.15) is 6.17 Å². The Hall–Kier alpha value is -1.80. The standard InChI is InChI=1S/C23H30N2/c1-17-11-7-10-16-21(17)25-18(2)22(19-12-8-9-13-19)24(3)23(25)20-14-5-4-6-15-20/h4-7,10-11,14-16,18-19,22-23H,8-9,12-13H2,1-3H3/t18-,22?,23?/m0/s1. The third kappa shape index (κ3) is 2.87. The fourth-order valence-corrected chi connectivity index (χ4v) is 5.34. The molecule has 1 aliphatic heterocycles. The molecule has 0 N–H and O–H groups in total. The first-order valence-electron chi connectivity index (χ1n) is 9.79. The van der Waals surface area contributed by atoms with Crippen molar-refractivity contribution in [3.63, 3.8) is 0 Å². The zero-order valence-electron chi connectivity index (χ0n) is 15.7. The molecule has 25 heavy (non-hydrogen) atoms. The Morgan fingerprint density at radius 2 is 1.52 bits per heavy atom. The predicted octanol–water partition coefficient (Wildman–Crippen LogP) is 5.39. The van der Waals surface area contributed by atoms with Crippen LogP contribution in [-0.4, -0.2) is 24.0 Å². The third-order valence-corrected chi connectivity index (χ3v) is 6.43. The van der Waals surface area contributed by atoms with Gasteiger partial charge in [0.15, 0.2) is 0 Å². The Labute approximate surface area is 152 Å². The molecule has 2 unspecified atom stereocenters. The Kier molecular flexibility index (Phi) is 4.56. The first-order chi connectivity index (χ1) is 12.2. The second-order valence-electron chi connectivity index (χ2n) is 7.92. The van der Waals surface area contributed by atoms with E-state index in [1.54, 1.807) is 0 Å². The van der Waals surface area contributed by atoms with E-state index in [4.69, 9.17) is 0 Å². The molecular weight excluding hydrogens is 304 g/mol. The summed E-state index contributed by atoms with van der Waals surface area (Å²) in [5.41, 5.74) is 4.16. The highest BCUT2D eigenvalue weighted by molar-refractivity contribution is 5.57. The molecule has 0 amide bonds. The topological polar surface area (TPSA) is 6.48 Å². The van der Waals surface area contributed by atoms with Crippen LogP contribution in [0.2, 0.25) is 0 Å². The third-order valence-electron chi connectivity index (χ3n) is 6.43. The quantitative estimate of drug-likeness (QED) is 0.742. The predicted molar refractivity (Wildman–Crippen MR) is 106 cm³/mol. The summed E-state index contributed by atoms with van der Waals surface area (Å²) in [5.74, 6) is 0.834. The summed E-state index contributed by atoms with van der Waals surface area (Å²) in [6, 6.07) is 21.1. The zero-order chi connectivity index (χ0) is 17.4. The monoisotopic (exact) mass is 334 g/mol. The Balaban J connectivity index is 1.79. The maximum absolute atomic E-state index is 2.67. The SMILES string of the molecule is Cc1ccccc1N1C(c2ccccc2)N(C)C(C2CCCC2)[C@@H]1C.